The third kappa shape index (κ3) is 4.08. The monoisotopic (exact) mass is 517 g/mol. The van der Waals surface area contributed by atoms with Crippen molar-refractivity contribution in [1.82, 2.24) is 4.57 Å². The summed E-state index contributed by atoms with van der Waals surface area (Å²) >= 11 is 4.53. The fourth-order valence-corrected chi connectivity index (χ4v) is 4.74. The molecule has 3 aromatic rings. The number of nitrogens with zero attached hydrogens (tertiary/aromatic N) is 3. The lowest BCUT2D eigenvalue weighted by Gasteiger charge is -2.12. The summed E-state index contributed by atoms with van der Waals surface area (Å²) in [6.07, 6.45) is 1.61. The molecule has 0 fully saturated rings. The summed E-state index contributed by atoms with van der Waals surface area (Å²) in [5.41, 5.74) is 1.21. The van der Waals surface area contributed by atoms with Crippen molar-refractivity contribution in [3.8, 4) is 11.3 Å². The van der Waals surface area contributed by atoms with Crippen molar-refractivity contribution in [1.29, 1.82) is 0 Å². The van der Waals surface area contributed by atoms with Gasteiger partial charge in [0.15, 0.2) is 4.80 Å². The van der Waals surface area contributed by atoms with Crippen LogP contribution in [0.2, 0.25) is 0 Å². The highest BCUT2D eigenvalue weighted by atomic mass is 79.9. The molecule has 4 rings (SSSR count). The second kappa shape index (κ2) is 8.67. The zero-order valence-electron chi connectivity index (χ0n) is 17.0. The number of esters is 1. The van der Waals surface area contributed by atoms with Crippen molar-refractivity contribution in [2.75, 3.05) is 6.61 Å². The fourth-order valence-electron chi connectivity index (χ4n) is 3.17. The van der Waals surface area contributed by atoms with Gasteiger partial charge in [-0.15, -0.1) is 0 Å². The molecule has 0 N–H and O–H groups in total. The molecule has 0 amide bonds. The van der Waals surface area contributed by atoms with Gasteiger partial charge in [-0.25, -0.2) is 9.79 Å². The largest absolute Gasteiger partial charge is 0.463 e. The number of nitro benzene ring substituents is 1. The summed E-state index contributed by atoms with van der Waals surface area (Å²) in [4.78, 5) is 40.3. The maximum absolute atomic E-state index is 12.9. The maximum Gasteiger partial charge on any atom is 0.337 e. The predicted octanol–water partition coefficient (Wildman–Crippen LogP) is 3.14. The molecule has 0 radical (unpaired) electrons. The number of hydrogen-bond acceptors (Lipinski definition) is 8. The number of nitro groups is 1. The lowest BCUT2D eigenvalue weighted by atomic mass is 10.1. The molecule has 0 spiro atoms. The summed E-state index contributed by atoms with van der Waals surface area (Å²) < 4.78 is 13.3. The van der Waals surface area contributed by atoms with Gasteiger partial charge >= 0.3 is 5.97 Å². The second-order valence-corrected chi connectivity index (χ2v) is 8.67. The van der Waals surface area contributed by atoms with E-state index in [1.807, 2.05) is 0 Å². The molecule has 0 bridgehead atoms. The van der Waals surface area contributed by atoms with Crippen molar-refractivity contribution in [2.24, 2.45) is 4.99 Å². The summed E-state index contributed by atoms with van der Waals surface area (Å²) in [6, 6.07) is 7.81. The van der Waals surface area contributed by atoms with Gasteiger partial charge in [-0.3, -0.25) is 19.5 Å². The Morgan fingerprint density at radius 2 is 2.19 bits per heavy atom. The van der Waals surface area contributed by atoms with Crippen LogP contribution in [0.1, 0.15) is 19.6 Å². The number of fused-ring (bicyclic) bond motifs is 1. The highest BCUT2D eigenvalue weighted by molar-refractivity contribution is 9.10. The molecule has 11 heteroatoms. The minimum absolute atomic E-state index is 0.0361. The van der Waals surface area contributed by atoms with Crippen molar-refractivity contribution in [3.05, 3.63) is 81.6 Å². The minimum Gasteiger partial charge on any atom is -0.463 e. The second-order valence-electron chi connectivity index (χ2n) is 6.80. The molecule has 164 valence electrons. The summed E-state index contributed by atoms with van der Waals surface area (Å²) in [7, 11) is 0. The summed E-state index contributed by atoms with van der Waals surface area (Å²) in [5.74, 6) is 0.454. The zero-order valence-corrected chi connectivity index (χ0v) is 19.4. The lowest BCUT2D eigenvalue weighted by Crippen LogP contribution is -2.35. The predicted molar refractivity (Wildman–Crippen MR) is 121 cm³/mol. The van der Waals surface area contributed by atoms with E-state index in [1.165, 1.54) is 28.0 Å². The van der Waals surface area contributed by atoms with Crippen LogP contribution < -0.4 is 14.9 Å². The van der Waals surface area contributed by atoms with Gasteiger partial charge in [0, 0.05) is 28.2 Å². The number of allylic oxidation sites excluding steroid dienone is 1. The smallest absolute Gasteiger partial charge is 0.337 e. The quantitative estimate of drug-likeness (QED) is 0.291. The van der Waals surface area contributed by atoms with Gasteiger partial charge in [0.1, 0.15) is 11.5 Å². The van der Waals surface area contributed by atoms with Gasteiger partial charge in [-0.2, -0.15) is 0 Å². The number of rotatable bonds is 5. The van der Waals surface area contributed by atoms with Gasteiger partial charge in [-0.1, -0.05) is 11.3 Å². The average molecular weight is 518 g/mol. The zero-order chi connectivity index (χ0) is 23.0. The molecule has 1 aliphatic rings. The maximum atomic E-state index is 12.9. The number of non-ortho nitro benzene ring substituents is 1. The highest BCUT2D eigenvalue weighted by Gasteiger charge is 2.21. The number of furan rings is 1. The van der Waals surface area contributed by atoms with Crippen molar-refractivity contribution < 1.29 is 18.9 Å². The molecule has 1 aliphatic heterocycles. The van der Waals surface area contributed by atoms with E-state index in [9.17, 15) is 19.7 Å². The SMILES string of the molecule is CCOC(=O)C1=C(C)N=c2s/c(=C\c3ccc(-c4ccc([N+](=O)[O-])cc4Br)o3)c(=O)n2C1. The third-order valence-electron chi connectivity index (χ3n) is 4.76. The molecule has 3 heterocycles. The van der Waals surface area contributed by atoms with E-state index in [-0.39, 0.29) is 24.4 Å². The topological polar surface area (TPSA) is 117 Å². The molecule has 0 saturated heterocycles. The standard InChI is InChI=1S/C21H16BrN3O6S/c1-3-30-20(27)15-10-24-19(26)18(32-21(24)23-11(15)2)9-13-5-7-17(31-13)14-6-4-12(25(28)29)8-16(14)22/h4-9H,3,10H2,1-2H3/b18-9-. The first-order valence-corrected chi connectivity index (χ1v) is 11.1. The van der Waals surface area contributed by atoms with Gasteiger partial charge in [0.25, 0.3) is 11.2 Å². The Bertz CT molecular complexity index is 1460. The van der Waals surface area contributed by atoms with E-state index in [4.69, 9.17) is 9.15 Å². The number of halogens is 1. The third-order valence-corrected chi connectivity index (χ3v) is 6.42. The van der Waals surface area contributed by atoms with E-state index >= 15 is 0 Å². The van der Waals surface area contributed by atoms with Gasteiger partial charge in [-0.05, 0) is 48.0 Å². The summed E-state index contributed by atoms with van der Waals surface area (Å²) in [6.45, 7) is 3.78. The average Bonchev–Trinajstić information content (AvgIpc) is 3.32. The number of carbonyl (C=O) groups is 1. The molecule has 0 unspecified atom stereocenters. The molecule has 2 aromatic heterocycles. The van der Waals surface area contributed by atoms with E-state index in [0.29, 0.717) is 42.2 Å². The minimum atomic E-state index is -0.479. The van der Waals surface area contributed by atoms with E-state index in [1.54, 1.807) is 38.1 Å². The molecule has 0 aliphatic carbocycles. The molecular weight excluding hydrogens is 502 g/mol. The van der Waals surface area contributed by atoms with Crippen LogP contribution in [0.25, 0.3) is 17.4 Å². The van der Waals surface area contributed by atoms with E-state index < -0.39 is 10.9 Å². The van der Waals surface area contributed by atoms with Crippen LogP contribution in [-0.4, -0.2) is 22.1 Å². The summed E-state index contributed by atoms with van der Waals surface area (Å²) in [5, 5.41) is 10.9. The molecule has 32 heavy (non-hydrogen) atoms. The number of carbonyl (C=O) groups excluding carboxylic acids is 1. The van der Waals surface area contributed by atoms with Crippen LogP contribution in [0.5, 0.6) is 0 Å². The number of ether oxygens (including phenoxy) is 1. The first kappa shape index (κ1) is 21.9. The Balaban J connectivity index is 1.68. The fraction of sp³-hybridized carbons (Fsp3) is 0.190. The molecule has 0 atom stereocenters. The molecular formula is C21H16BrN3O6S. The number of thiazole rings is 1. The first-order chi connectivity index (χ1) is 15.3. The van der Waals surface area contributed by atoms with Gasteiger partial charge in [0.05, 0.1) is 33.9 Å². The van der Waals surface area contributed by atoms with Crippen LogP contribution in [0.4, 0.5) is 5.69 Å². The molecule has 9 nitrogen and oxygen atoms in total. The Morgan fingerprint density at radius 1 is 1.41 bits per heavy atom. The Hall–Kier alpha value is -3.31. The number of hydrogen-bond donors (Lipinski definition) is 0. The van der Waals surface area contributed by atoms with Crippen molar-refractivity contribution >= 4 is 45.0 Å². The first-order valence-electron chi connectivity index (χ1n) is 9.49. The Labute approximate surface area is 193 Å². The van der Waals surface area contributed by atoms with E-state index in [0.717, 1.165) is 0 Å². The van der Waals surface area contributed by atoms with Gasteiger partial charge in [0.2, 0.25) is 0 Å². The lowest BCUT2D eigenvalue weighted by molar-refractivity contribution is -0.384. The van der Waals surface area contributed by atoms with E-state index in [2.05, 4.69) is 20.9 Å². The highest BCUT2D eigenvalue weighted by Crippen LogP contribution is 2.32. The molecule has 1 aromatic carbocycles. The number of aromatic nitrogens is 1. The van der Waals surface area contributed by atoms with Crippen LogP contribution >= 0.6 is 27.3 Å². The van der Waals surface area contributed by atoms with Crippen molar-refractivity contribution in [2.45, 2.75) is 20.4 Å². The van der Waals surface area contributed by atoms with Crippen LogP contribution in [0, 0.1) is 10.1 Å². The van der Waals surface area contributed by atoms with Crippen LogP contribution in [-0.2, 0) is 16.1 Å². The van der Waals surface area contributed by atoms with Crippen LogP contribution in [0.3, 0.4) is 0 Å². The Morgan fingerprint density at radius 3 is 2.88 bits per heavy atom. The number of benzene rings is 1. The normalized spacial score (nSPS) is 13.7. The van der Waals surface area contributed by atoms with Crippen LogP contribution in [0.15, 0.2) is 60.3 Å². The van der Waals surface area contributed by atoms with Gasteiger partial charge < -0.3 is 9.15 Å². The molecule has 0 saturated carbocycles. The van der Waals surface area contributed by atoms with Crippen molar-refractivity contribution in [3.63, 3.8) is 0 Å². The Kier molecular flexibility index (Phi) is 5.94.